The second kappa shape index (κ2) is 13.0. The lowest BCUT2D eigenvalue weighted by Gasteiger charge is -2.10. The van der Waals surface area contributed by atoms with Crippen molar-refractivity contribution in [1.82, 2.24) is 0 Å². The summed E-state index contributed by atoms with van der Waals surface area (Å²) in [4.78, 5) is 47.5. The molecule has 0 radical (unpaired) electrons. The molecule has 0 aliphatic heterocycles. The molecule has 0 aliphatic rings. The van der Waals surface area contributed by atoms with Gasteiger partial charge in [-0.2, -0.15) is 0 Å². The van der Waals surface area contributed by atoms with Crippen LogP contribution in [0.2, 0.25) is 0 Å². The fourth-order valence-electron chi connectivity index (χ4n) is 3.57. The SMILES string of the molecule is COc1ccc(C(=O)Nc2ccc(CCC(=O)CCc3ccc(OC(C)=O)c(OC(C)=O)c3)cc2)cc1. The van der Waals surface area contributed by atoms with Crippen LogP contribution in [0.25, 0.3) is 0 Å². The van der Waals surface area contributed by atoms with E-state index in [1.807, 2.05) is 24.3 Å². The highest BCUT2D eigenvalue weighted by Gasteiger charge is 2.12. The molecule has 0 bridgehead atoms. The number of methoxy groups -OCH3 is 1. The average Bonchev–Trinajstić information content (AvgIpc) is 2.87. The molecule has 3 rings (SSSR count). The number of ketones is 1. The van der Waals surface area contributed by atoms with Crippen molar-refractivity contribution in [1.29, 1.82) is 0 Å². The van der Waals surface area contributed by atoms with Crippen LogP contribution in [0.1, 0.15) is 48.2 Å². The van der Waals surface area contributed by atoms with Gasteiger partial charge in [0.15, 0.2) is 11.5 Å². The summed E-state index contributed by atoms with van der Waals surface area (Å²) >= 11 is 0. The van der Waals surface area contributed by atoms with E-state index in [1.54, 1.807) is 49.6 Å². The van der Waals surface area contributed by atoms with Gasteiger partial charge in [0.05, 0.1) is 7.11 Å². The van der Waals surface area contributed by atoms with Crippen molar-refractivity contribution in [3.05, 3.63) is 83.4 Å². The molecule has 0 saturated carbocycles. The molecule has 8 heteroatoms. The maximum atomic E-state index is 12.5. The topological polar surface area (TPSA) is 108 Å². The highest BCUT2D eigenvalue weighted by molar-refractivity contribution is 6.04. The summed E-state index contributed by atoms with van der Waals surface area (Å²) in [6.07, 6.45) is 1.74. The van der Waals surface area contributed by atoms with Crippen LogP contribution in [-0.4, -0.2) is 30.7 Å². The van der Waals surface area contributed by atoms with E-state index in [-0.39, 0.29) is 23.2 Å². The normalized spacial score (nSPS) is 10.4. The van der Waals surface area contributed by atoms with Crippen molar-refractivity contribution in [2.75, 3.05) is 12.4 Å². The van der Waals surface area contributed by atoms with Gasteiger partial charge in [-0.05, 0) is 72.5 Å². The quantitative estimate of drug-likeness (QED) is 0.292. The Kier molecular flexibility index (Phi) is 9.55. The number of rotatable bonds is 11. The molecule has 0 unspecified atom stereocenters. The summed E-state index contributed by atoms with van der Waals surface area (Å²) in [6.45, 7) is 2.52. The van der Waals surface area contributed by atoms with Gasteiger partial charge in [-0.3, -0.25) is 19.2 Å². The summed E-state index contributed by atoms with van der Waals surface area (Å²) < 4.78 is 15.3. The third-order valence-electron chi connectivity index (χ3n) is 5.46. The Morgan fingerprint density at radius 1 is 0.703 bits per heavy atom. The van der Waals surface area contributed by atoms with Crippen LogP contribution in [0.15, 0.2) is 66.7 Å². The minimum atomic E-state index is -0.534. The van der Waals surface area contributed by atoms with Crippen LogP contribution in [0.4, 0.5) is 5.69 Å². The van der Waals surface area contributed by atoms with E-state index < -0.39 is 11.9 Å². The Bertz CT molecular complexity index is 1260. The first-order valence-electron chi connectivity index (χ1n) is 11.8. The lowest BCUT2D eigenvalue weighted by atomic mass is 10.0. The molecule has 0 aromatic heterocycles. The summed E-state index contributed by atoms with van der Waals surface area (Å²) in [5.74, 6) is -0.206. The fourth-order valence-corrected chi connectivity index (χ4v) is 3.57. The van der Waals surface area contributed by atoms with Gasteiger partial charge in [-0.1, -0.05) is 18.2 Å². The molecule has 0 heterocycles. The second-order valence-corrected chi connectivity index (χ2v) is 8.39. The van der Waals surface area contributed by atoms with Crippen LogP contribution in [-0.2, 0) is 27.2 Å². The second-order valence-electron chi connectivity index (χ2n) is 8.39. The summed E-state index contributed by atoms with van der Waals surface area (Å²) in [7, 11) is 1.57. The first-order chi connectivity index (χ1) is 17.7. The molecule has 8 nitrogen and oxygen atoms in total. The van der Waals surface area contributed by atoms with E-state index in [0.29, 0.717) is 42.7 Å². The number of hydrogen-bond donors (Lipinski definition) is 1. The van der Waals surface area contributed by atoms with Gasteiger partial charge in [0.2, 0.25) is 0 Å². The minimum absolute atomic E-state index is 0.0926. The van der Waals surface area contributed by atoms with Crippen LogP contribution < -0.4 is 19.5 Å². The smallest absolute Gasteiger partial charge is 0.308 e. The van der Waals surface area contributed by atoms with Crippen molar-refractivity contribution in [2.24, 2.45) is 0 Å². The highest BCUT2D eigenvalue weighted by atomic mass is 16.6. The predicted octanol–water partition coefficient (Wildman–Crippen LogP) is 4.93. The van der Waals surface area contributed by atoms with Crippen molar-refractivity contribution in [2.45, 2.75) is 39.5 Å². The molecule has 1 amide bonds. The van der Waals surface area contributed by atoms with E-state index in [9.17, 15) is 19.2 Å². The van der Waals surface area contributed by atoms with Gasteiger partial charge in [0.1, 0.15) is 11.5 Å². The van der Waals surface area contributed by atoms with Crippen LogP contribution in [0.3, 0.4) is 0 Å². The maximum absolute atomic E-state index is 12.5. The molecular weight excluding hydrogens is 474 g/mol. The zero-order valence-corrected chi connectivity index (χ0v) is 21.0. The van der Waals surface area contributed by atoms with Gasteiger partial charge in [0, 0.05) is 37.9 Å². The van der Waals surface area contributed by atoms with Gasteiger partial charge >= 0.3 is 11.9 Å². The Balaban J connectivity index is 1.48. The number of esters is 2. The monoisotopic (exact) mass is 503 g/mol. The third-order valence-corrected chi connectivity index (χ3v) is 5.46. The van der Waals surface area contributed by atoms with E-state index in [0.717, 1.165) is 11.1 Å². The number of benzene rings is 3. The lowest BCUT2D eigenvalue weighted by molar-refractivity contribution is -0.134. The number of Topliss-reactive ketones (excluding diaryl/α,β-unsaturated/α-hetero) is 1. The molecule has 1 N–H and O–H groups in total. The van der Waals surface area contributed by atoms with Gasteiger partial charge < -0.3 is 19.5 Å². The van der Waals surface area contributed by atoms with Crippen molar-refractivity contribution in [3.63, 3.8) is 0 Å². The number of carbonyl (C=O) groups is 4. The number of ether oxygens (including phenoxy) is 3. The maximum Gasteiger partial charge on any atom is 0.308 e. The van der Waals surface area contributed by atoms with Gasteiger partial charge in [-0.15, -0.1) is 0 Å². The molecule has 0 atom stereocenters. The Hall–Kier alpha value is -4.46. The van der Waals surface area contributed by atoms with Crippen LogP contribution in [0, 0.1) is 0 Å². The molecule has 37 heavy (non-hydrogen) atoms. The van der Waals surface area contributed by atoms with E-state index in [2.05, 4.69) is 5.32 Å². The van der Waals surface area contributed by atoms with Gasteiger partial charge in [-0.25, -0.2) is 0 Å². The first-order valence-corrected chi connectivity index (χ1v) is 11.8. The minimum Gasteiger partial charge on any atom is -0.497 e. The van der Waals surface area contributed by atoms with E-state index in [1.165, 1.54) is 13.8 Å². The Morgan fingerprint density at radius 3 is 1.86 bits per heavy atom. The Labute approximate surface area is 215 Å². The van der Waals surface area contributed by atoms with Crippen molar-refractivity contribution < 1.29 is 33.4 Å². The third kappa shape index (κ3) is 8.61. The number of amides is 1. The lowest BCUT2D eigenvalue weighted by Crippen LogP contribution is -2.11. The standard InChI is InChI=1S/C29H29NO7/c1-19(31)36-27-17-8-22(18-28(27)37-20(2)32)7-14-25(33)13-6-21-4-11-24(12-5-21)30-29(34)23-9-15-26(35-3)16-10-23/h4-5,8-12,15-18H,6-7,13-14H2,1-3H3,(H,30,34). The molecule has 0 fully saturated rings. The fraction of sp³-hybridized carbons (Fsp3) is 0.241. The summed E-state index contributed by atoms with van der Waals surface area (Å²) in [5, 5.41) is 2.85. The number of hydrogen-bond acceptors (Lipinski definition) is 7. The Morgan fingerprint density at radius 2 is 1.27 bits per heavy atom. The number of nitrogens with one attached hydrogen (secondary N) is 1. The van der Waals surface area contributed by atoms with Crippen LogP contribution >= 0.6 is 0 Å². The highest BCUT2D eigenvalue weighted by Crippen LogP contribution is 2.29. The molecule has 0 aliphatic carbocycles. The molecule has 3 aromatic carbocycles. The number of aryl methyl sites for hydroxylation is 2. The average molecular weight is 504 g/mol. The van der Waals surface area contributed by atoms with E-state index >= 15 is 0 Å². The molecule has 3 aromatic rings. The van der Waals surface area contributed by atoms with Crippen molar-refractivity contribution in [3.8, 4) is 17.2 Å². The zero-order chi connectivity index (χ0) is 26.8. The summed E-state index contributed by atoms with van der Waals surface area (Å²) in [5.41, 5.74) is 2.96. The molecule has 192 valence electrons. The molecular formula is C29H29NO7. The largest absolute Gasteiger partial charge is 0.497 e. The number of anilines is 1. The first kappa shape index (κ1) is 27.1. The van der Waals surface area contributed by atoms with Crippen molar-refractivity contribution >= 4 is 29.3 Å². The molecule has 0 spiro atoms. The van der Waals surface area contributed by atoms with E-state index in [4.69, 9.17) is 14.2 Å². The predicted molar refractivity (Wildman–Crippen MR) is 138 cm³/mol. The number of carbonyl (C=O) groups excluding carboxylic acids is 4. The molecule has 0 saturated heterocycles. The van der Waals surface area contributed by atoms with Gasteiger partial charge in [0.25, 0.3) is 5.91 Å². The summed E-state index contributed by atoms with van der Waals surface area (Å²) in [6, 6.07) is 19.1. The van der Waals surface area contributed by atoms with Crippen LogP contribution in [0.5, 0.6) is 17.2 Å². The zero-order valence-electron chi connectivity index (χ0n) is 21.0.